The van der Waals surface area contributed by atoms with E-state index in [0.717, 1.165) is 4.90 Å². The molecule has 0 spiro atoms. The second kappa shape index (κ2) is 9.85. The van der Waals surface area contributed by atoms with Gasteiger partial charge in [-0.3, -0.25) is 9.69 Å². The zero-order valence-corrected chi connectivity index (χ0v) is 18.3. The third-order valence-corrected chi connectivity index (χ3v) is 4.58. The van der Waals surface area contributed by atoms with Crippen molar-refractivity contribution in [3.63, 3.8) is 0 Å². The number of nitrogens with one attached hydrogen (secondary N) is 1. The van der Waals surface area contributed by atoms with Crippen molar-refractivity contribution in [1.29, 1.82) is 5.26 Å². The summed E-state index contributed by atoms with van der Waals surface area (Å²) in [5, 5.41) is 21.4. The maximum atomic E-state index is 12.8. The van der Waals surface area contributed by atoms with Crippen molar-refractivity contribution in [1.82, 2.24) is 4.90 Å². The lowest BCUT2D eigenvalue weighted by atomic mass is 10.0. The molecule has 0 aliphatic rings. The highest BCUT2D eigenvalue weighted by molar-refractivity contribution is 5.96. The summed E-state index contributed by atoms with van der Waals surface area (Å²) in [6.45, 7) is 7.03. The first-order valence-corrected chi connectivity index (χ1v) is 9.79. The van der Waals surface area contributed by atoms with Crippen molar-refractivity contribution in [3.05, 3.63) is 48.0 Å². The number of nitrogens with zero attached hydrogens (tertiary/aromatic N) is 2. The molecule has 2 rings (SSSR count). The standard InChI is InChI=1S/C23H27N3O5/c1-6-19(26(22(28)29)23(2,3)4)21(27)25-16-8-11-17(12-9-16)31-18-10-7-15(14-24)20(13-18)30-5/h7-13,19H,6H2,1-5H3,(H,25,27)(H,28,29)/t19-/m1/s1. The van der Waals surface area contributed by atoms with E-state index in [1.165, 1.54) is 7.11 Å². The fraction of sp³-hybridized carbons (Fsp3) is 0.348. The predicted octanol–water partition coefficient (Wildman–Crippen LogP) is 4.85. The highest BCUT2D eigenvalue weighted by Gasteiger charge is 2.36. The van der Waals surface area contributed by atoms with Crippen molar-refractivity contribution in [2.75, 3.05) is 12.4 Å². The van der Waals surface area contributed by atoms with Crippen molar-refractivity contribution < 1.29 is 24.2 Å². The summed E-state index contributed by atoms with van der Waals surface area (Å²) in [6, 6.07) is 12.8. The minimum atomic E-state index is -1.14. The molecule has 0 aliphatic carbocycles. The molecule has 0 saturated heterocycles. The third kappa shape index (κ3) is 5.89. The Hall–Kier alpha value is -3.73. The number of ether oxygens (including phenoxy) is 2. The molecule has 31 heavy (non-hydrogen) atoms. The van der Waals surface area contributed by atoms with Gasteiger partial charge < -0.3 is 19.9 Å². The van der Waals surface area contributed by atoms with E-state index in [1.54, 1.807) is 70.2 Å². The summed E-state index contributed by atoms with van der Waals surface area (Å²) in [5.41, 5.74) is 0.209. The summed E-state index contributed by atoms with van der Waals surface area (Å²) >= 11 is 0. The van der Waals surface area contributed by atoms with Crippen LogP contribution in [0, 0.1) is 11.3 Å². The molecule has 164 valence electrons. The van der Waals surface area contributed by atoms with Crippen molar-refractivity contribution >= 4 is 17.7 Å². The van der Waals surface area contributed by atoms with E-state index in [9.17, 15) is 14.7 Å². The molecule has 0 aromatic heterocycles. The van der Waals surface area contributed by atoms with E-state index in [4.69, 9.17) is 14.7 Å². The second-order valence-electron chi connectivity index (χ2n) is 7.84. The molecule has 2 aromatic carbocycles. The van der Waals surface area contributed by atoms with Gasteiger partial charge in [0.05, 0.1) is 12.7 Å². The Labute approximate surface area is 182 Å². The van der Waals surface area contributed by atoms with Crippen LogP contribution in [-0.4, -0.2) is 40.7 Å². The minimum absolute atomic E-state index is 0.344. The molecule has 0 saturated carbocycles. The fourth-order valence-electron chi connectivity index (χ4n) is 3.17. The van der Waals surface area contributed by atoms with Crippen LogP contribution >= 0.6 is 0 Å². The van der Waals surface area contributed by atoms with Crippen LogP contribution in [0.2, 0.25) is 0 Å². The van der Waals surface area contributed by atoms with Crippen LogP contribution in [0.1, 0.15) is 39.7 Å². The number of methoxy groups -OCH3 is 1. The van der Waals surface area contributed by atoms with Crippen LogP contribution in [-0.2, 0) is 4.79 Å². The average molecular weight is 425 g/mol. The van der Waals surface area contributed by atoms with Crippen LogP contribution in [0.3, 0.4) is 0 Å². The van der Waals surface area contributed by atoms with Gasteiger partial charge in [-0.05, 0) is 63.6 Å². The quantitative estimate of drug-likeness (QED) is 0.655. The molecule has 2 aromatic rings. The molecular weight excluding hydrogens is 398 g/mol. The number of hydrogen-bond donors (Lipinski definition) is 2. The Bertz CT molecular complexity index is 974. The Balaban J connectivity index is 2.12. The Morgan fingerprint density at radius 1 is 1.16 bits per heavy atom. The molecule has 0 fully saturated rings. The topological polar surface area (TPSA) is 112 Å². The summed E-state index contributed by atoms with van der Waals surface area (Å²) in [7, 11) is 1.48. The molecule has 2 amide bonds. The van der Waals surface area contributed by atoms with Gasteiger partial charge in [0.1, 0.15) is 29.4 Å². The van der Waals surface area contributed by atoms with Crippen LogP contribution in [0.4, 0.5) is 10.5 Å². The first kappa shape index (κ1) is 23.5. The molecule has 2 N–H and O–H groups in total. The Morgan fingerprint density at radius 2 is 1.77 bits per heavy atom. The molecule has 0 aliphatic heterocycles. The molecular formula is C23H27N3O5. The smallest absolute Gasteiger partial charge is 0.408 e. The maximum Gasteiger partial charge on any atom is 0.408 e. The number of nitriles is 1. The lowest BCUT2D eigenvalue weighted by Crippen LogP contribution is -2.55. The summed E-state index contributed by atoms with van der Waals surface area (Å²) in [5.74, 6) is 1.04. The SMILES string of the molecule is CC[C@H](C(=O)Nc1ccc(Oc2ccc(C#N)c(OC)c2)cc1)N(C(=O)O)C(C)(C)C. The first-order valence-electron chi connectivity index (χ1n) is 9.79. The molecule has 8 heteroatoms. The fourth-order valence-corrected chi connectivity index (χ4v) is 3.17. The van der Waals surface area contributed by atoms with Crippen LogP contribution in [0.25, 0.3) is 0 Å². The number of hydrogen-bond acceptors (Lipinski definition) is 5. The molecule has 8 nitrogen and oxygen atoms in total. The van der Waals surface area contributed by atoms with Gasteiger partial charge >= 0.3 is 6.09 Å². The molecule has 0 bridgehead atoms. The highest BCUT2D eigenvalue weighted by Crippen LogP contribution is 2.29. The number of carbonyl (C=O) groups is 2. The van der Waals surface area contributed by atoms with Crippen LogP contribution in [0.15, 0.2) is 42.5 Å². The predicted molar refractivity (Wildman–Crippen MR) is 117 cm³/mol. The minimum Gasteiger partial charge on any atom is -0.495 e. The monoisotopic (exact) mass is 425 g/mol. The molecule has 0 unspecified atom stereocenters. The molecule has 0 radical (unpaired) electrons. The summed E-state index contributed by atoms with van der Waals surface area (Å²) in [4.78, 5) is 25.6. The van der Waals surface area contributed by atoms with E-state index < -0.39 is 23.6 Å². The first-order chi connectivity index (χ1) is 14.6. The number of carbonyl (C=O) groups excluding carboxylic acids is 1. The van der Waals surface area contributed by atoms with Crippen LogP contribution in [0.5, 0.6) is 17.2 Å². The summed E-state index contributed by atoms with van der Waals surface area (Å²) < 4.78 is 10.9. The van der Waals surface area contributed by atoms with E-state index in [2.05, 4.69) is 5.32 Å². The number of amides is 2. The number of benzene rings is 2. The van der Waals surface area contributed by atoms with Gasteiger partial charge in [0.15, 0.2) is 0 Å². The lowest BCUT2D eigenvalue weighted by Gasteiger charge is -2.38. The van der Waals surface area contributed by atoms with Gasteiger partial charge in [0.25, 0.3) is 0 Å². The maximum absolute atomic E-state index is 12.8. The summed E-state index contributed by atoms with van der Waals surface area (Å²) in [6.07, 6.45) is -0.798. The third-order valence-electron chi connectivity index (χ3n) is 4.58. The average Bonchev–Trinajstić information content (AvgIpc) is 2.71. The van der Waals surface area contributed by atoms with Gasteiger partial charge in [-0.1, -0.05) is 6.92 Å². The van der Waals surface area contributed by atoms with Crippen molar-refractivity contribution in [2.24, 2.45) is 0 Å². The van der Waals surface area contributed by atoms with Gasteiger partial charge in [0.2, 0.25) is 5.91 Å². The lowest BCUT2D eigenvalue weighted by molar-refractivity contribution is -0.122. The molecule has 1 atom stereocenters. The number of carboxylic acid groups (broad SMARTS) is 1. The largest absolute Gasteiger partial charge is 0.495 e. The van der Waals surface area contributed by atoms with Gasteiger partial charge in [-0.25, -0.2) is 4.79 Å². The van der Waals surface area contributed by atoms with Crippen molar-refractivity contribution in [2.45, 2.75) is 45.7 Å². The zero-order chi connectivity index (χ0) is 23.2. The van der Waals surface area contributed by atoms with Gasteiger partial charge in [-0.2, -0.15) is 5.26 Å². The Morgan fingerprint density at radius 3 is 2.26 bits per heavy atom. The van der Waals surface area contributed by atoms with Crippen LogP contribution < -0.4 is 14.8 Å². The van der Waals surface area contributed by atoms with E-state index >= 15 is 0 Å². The second-order valence-corrected chi connectivity index (χ2v) is 7.84. The normalized spacial score (nSPS) is 11.7. The number of anilines is 1. The van der Waals surface area contributed by atoms with E-state index in [0.29, 0.717) is 34.9 Å². The number of rotatable bonds is 7. The highest BCUT2D eigenvalue weighted by atomic mass is 16.5. The molecule has 0 heterocycles. The van der Waals surface area contributed by atoms with Gasteiger partial charge in [0, 0.05) is 17.3 Å². The Kier molecular flexibility index (Phi) is 7.48. The zero-order valence-electron chi connectivity index (χ0n) is 18.3. The van der Waals surface area contributed by atoms with E-state index in [1.807, 2.05) is 6.07 Å². The van der Waals surface area contributed by atoms with Crippen molar-refractivity contribution in [3.8, 4) is 23.3 Å². The van der Waals surface area contributed by atoms with E-state index in [-0.39, 0.29) is 0 Å². The van der Waals surface area contributed by atoms with Gasteiger partial charge in [-0.15, -0.1) is 0 Å².